The number of fused-ring (bicyclic) bond motifs is 2. The number of rotatable bonds is 2. The minimum absolute atomic E-state index is 0.160. The van der Waals surface area contributed by atoms with Crippen molar-refractivity contribution in [2.45, 2.75) is 19.9 Å². The fraction of sp³-hybridized carbons (Fsp3) is 0.263. The highest BCUT2D eigenvalue weighted by atomic mass is 16.5. The van der Waals surface area contributed by atoms with Crippen molar-refractivity contribution in [2.75, 3.05) is 13.2 Å². The predicted molar refractivity (Wildman–Crippen MR) is 92.7 cm³/mol. The summed E-state index contributed by atoms with van der Waals surface area (Å²) in [5.41, 5.74) is 4.26. The van der Waals surface area contributed by atoms with Crippen LogP contribution < -0.4 is 4.74 Å². The second-order valence-electron chi connectivity index (χ2n) is 5.98. The molecule has 5 nitrogen and oxygen atoms in total. The first-order chi connectivity index (χ1) is 11.8. The lowest BCUT2D eigenvalue weighted by atomic mass is 10.00. The maximum atomic E-state index is 12.1. The molecule has 3 aromatic rings. The van der Waals surface area contributed by atoms with E-state index in [2.05, 4.69) is 28.4 Å². The van der Waals surface area contributed by atoms with Crippen LogP contribution in [0.15, 0.2) is 42.6 Å². The van der Waals surface area contributed by atoms with Gasteiger partial charge >= 0.3 is 0 Å². The molecular formula is C19H19N3O2. The number of nitrogens with one attached hydrogen (secondary N) is 1. The summed E-state index contributed by atoms with van der Waals surface area (Å²) < 4.78 is 5.82. The molecule has 1 N–H and O–H groups in total. The average molecular weight is 321 g/mol. The second-order valence-corrected chi connectivity index (χ2v) is 5.98. The molecule has 0 fully saturated rings. The first-order valence-corrected chi connectivity index (χ1v) is 8.22. The summed E-state index contributed by atoms with van der Waals surface area (Å²) in [5.74, 6) is 1.02. The molecule has 24 heavy (non-hydrogen) atoms. The van der Waals surface area contributed by atoms with Crippen LogP contribution in [0.25, 0.3) is 22.0 Å². The Morgan fingerprint density at radius 1 is 1.33 bits per heavy atom. The van der Waals surface area contributed by atoms with E-state index < -0.39 is 0 Å². The van der Waals surface area contributed by atoms with Gasteiger partial charge in [-0.3, -0.25) is 9.89 Å². The van der Waals surface area contributed by atoms with Gasteiger partial charge in [-0.2, -0.15) is 5.10 Å². The number of para-hydroxylation sites is 1. The van der Waals surface area contributed by atoms with Gasteiger partial charge in [0.15, 0.2) is 0 Å². The van der Waals surface area contributed by atoms with Crippen molar-refractivity contribution in [3.05, 3.63) is 48.2 Å². The highest BCUT2D eigenvalue weighted by Gasteiger charge is 2.19. The molecule has 122 valence electrons. The van der Waals surface area contributed by atoms with E-state index in [1.165, 1.54) is 0 Å². The van der Waals surface area contributed by atoms with Crippen LogP contribution in [0.2, 0.25) is 0 Å². The average Bonchev–Trinajstić information content (AvgIpc) is 2.99. The molecule has 1 aromatic heterocycles. The molecule has 5 heteroatoms. The molecule has 0 spiro atoms. The zero-order chi connectivity index (χ0) is 16.5. The van der Waals surface area contributed by atoms with Gasteiger partial charge in [0.2, 0.25) is 5.91 Å². The summed E-state index contributed by atoms with van der Waals surface area (Å²) in [6.45, 7) is 3.65. The number of hydrogen-bond acceptors (Lipinski definition) is 3. The number of ether oxygens (including phenoxy) is 1. The highest BCUT2D eigenvalue weighted by Crippen LogP contribution is 2.32. The van der Waals surface area contributed by atoms with Gasteiger partial charge in [-0.05, 0) is 17.7 Å². The molecule has 0 bridgehead atoms. The number of carbonyl (C=O) groups excluding carboxylic acids is 1. The monoisotopic (exact) mass is 321 g/mol. The topological polar surface area (TPSA) is 58.2 Å². The van der Waals surface area contributed by atoms with Gasteiger partial charge in [-0.15, -0.1) is 0 Å². The van der Waals surface area contributed by atoms with Crippen molar-refractivity contribution in [2.24, 2.45) is 0 Å². The number of H-pyrrole nitrogens is 1. The molecule has 0 unspecified atom stereocenters. The normalized spacial score (nSPS) is 14.1. The molecule has 0 saturated carbocycles. The van der Waals surface area contributed by atoms with Crippen LogP contribution in [0.4, 0.5) is 0 Å². The number of aromatic amines is 1. The lowest BCUT2D eigenvalue weighted by Gasteiger charge is -2.19. The van der Waals surface area contributed by atoms with E-state index >= 15 is 0 Å². The Labute approximate surface area is 140 Å². The van der Waals surface area contributed by atoms with E-state index in [9.17, 15) is 4.79 Å². The van der Waals surface area contributed by atoms with Crippen LogP contribution in [-0.2, 0) is 11.3 Å². The number of aromatic nitrogens is 2. The number of benzene rings is 2. The summed E-state index contributed by atoms with van der Waals surface area (Å²) in [5, 5.41) is 8.29. The summed E-state index contributed by atoms with van der Waals surface area (Å²) in [6, 6.07) is 12.3. The van der Waals surface area contributed by atoms with E-state index in [1.807, 2.05) is 36.2 Å². The molecule has 1 amide bonds. The summed E-state index contributed by atoms with van der Waals surface area (Å²) in [4.78, 5) is 13.9. The molecule has 0 radical (unpaired) electrons. The van der Waals surface area contributed by atoms with Gasteiger partial charge < -0.3 is 9.64 Å². The minimum atomic E-state index is 0.160. The number of hydrogen-bond donors (Lipinski definition) is 1. The largest absolute Gasteiger partial charge is 0.491 e. The molecule has 2 aromatic carbocycles. The third-order valence-corrected chi connectivity index (χ3v) is 4.48. The fourth-order valence-corrected chi connectivity index (χ4v) is 3.21. The van der Waals surface area contributed by atoms with Crippen LogP contribution in [0.5, 0.6) is 5.75 Å². The molecule has 1 aliphatic heterocycles. The van der Waals surface area contributed by atoms with Gasteiger partial charge in [0.25, 0.3) is 0 Å². The molecule has 0 aliphatic carbocycles. The Kier molecular flexibility index (Phi) is 3.69. The Morgan fingerprint density at radius 3 is 3.12 bits per heavy atom. The first kappa shape index (κ1) is 14.8. The zero-order valence-electron chi connectivity index (χ0n) is 13.6. The van der Waals surface area contributed by atoms with Crippen molar-refractivity contribution in [3.63, 3.8) is 0 Å². The van der Waals surface area contributed by atoms with Crippen molar-refractivity contribution >= 4 is 16.8 Å². The third-order valence-electron chi connectivity index (χ3n) is 4.48. The Hall–Kier alpha value is -2.82. The third kappa shape index (κ3) is 2.52. The van der Waals surface area contributed by atoms with Crippen LogP contribution in [0, 0.1) is 0 Å². The van der Waals surface area contributed by atoms with Gasteiger partial charge in [-0.1, -0.05) is 31.2 Å². The van der Waals surface area contributed by atoms with E-state index in [1.54, 1.807) is 0 Å². The number of nitrogens with zero attached hydrogens (tertiary/aromatic N) is 2. The second kappa shape index (κ2) is 6.00. The standard InChI is InChI=1S/C19H19N3O2/c1-2-18(23)22-8-9-24-17-7-6-13(10-15(17)12-22)16-5-3-4-14-11-20-21-19(14)16/h3-7,10-11H,2,8-9,12H2,1H3,(H,20,21). The molecule has 0 atom stereocenters. The summed E-state index contributed by atoms with van der Waals surface area (Å²) in [6.07, 6.45) is 2.34. The van der Waals surface area contributed by atoms with E-state index in [0.29, 0.717) is 26.1 Å². The maximum absolute atomic E-state index is 12.1. The molecule has 1 aliphatic rings. The lowest BCUT2D eigenvalue weighted by molar-refractivity contribution is -0.131. The summed E-state index contributed by atoms with van der Waals surface area (Å²) in [7, 11) is 0. The highest BCUT2D eigenvalue weighted by molar-refractivity contribution is 5.93. The van der Waals surface area contributed by atoms with Gasteiger partial charge in [-0.25, -0.2) is 0 Å². The number of carbonyl (C=O) groups is 1. The number of amides is 1. The maximum Gasteiger partial charge on any atom is 0.222 e. The van der Waals surface area contributed by atoms with Crippen molar-refractivity contribution in [3.8, 4) is 16.9 Å². The Morgan fingerprint density at radius 2 is 2.25 bits per heavy atom. The van der Waals surface area contributed by atoms with Gasteiger partial charge in [0.1, 0.15) is 12.4 Å². The van der Waals surface area contributed by atoms with E-state index in [0.717, 1.165) is 33.3 Å². The summed E-state index contributed by atoms with van der Waals surface area (Å²) >= 11 is 0. The fourth-order valence-electron chi connectivity index (χ4n) is 3.21. The minimum Gasteiger partial charge on any atom is -0.491 e. The van der Waals surface area contributed by atoms with Crippen LogP contribution in [0.1, 0.15) is 18.9 Å². The van der Waals surface area contributed by atoms with Crippen LogP contribution in [-0.4, -0.2) is 34.2 Å². The molecular weight excluding hydrogens is 302 g/mol. The first-order valence-electron chi connectivity index (χ1n) is 8.22. The van der Waals surface area contributed by atoms with Crippen molar-refractivity contribution < 1.29 is 9.53 Å². The smallest absolute Gasteiger partial charge is 0.222 e. The molecule has 4 rings (SSSR count). The van der Waals surface area contributed by atoms with Crippen molar-refractivity contribution in [1.29, 1.82) is 0 Å². The SMILES string of the molecule is CCC(=O)N1CCOc2ccc(-c3cccc4cn[nH]c34)cc2C1. The van der Waals surface area contributed by atoms with Gasteiger partial charge in [0, 0.05) is 29.5 Å². The van der Waals surface area contributed by atoms with Crippen molar-refractivity contribution in [1.82, 2.24) is 15.1 Å². The lowest BCUT2D eigenvalue weighted by Crippen LogP contribution is -2.31. The predicted octanol–water partition coefficient (Wildman–Crippen LogP) is 3.36. The quantitative estimate of drug-likeness (QED) is 0.787. The van der Waals surface area contributed by atoms with E-state index in [-0.39, 0.29) is 5.91 Å². The Balaban J connectivity index is 1.76. The Bertz CT molecular complexity index is 901. The molecule has 0 saturated heterocycles. The zero-order valence-corrected chi connectivity index (χ0v) is 13.6. The van der Waals surface area contributed by atoms with E-state index in [4.69, 9.17) is 4.74 Å². The molecule has 2 heterocycles. The van der Waals surface area contributed by atoms with Gasteiger partial charge in [0.05, 0.1) is 18.3 Å². The van der Waals surface area contributed by atoms with Crippen LogP contribution in [0.3, 0.4) is 0 Å². The van der Waals surface area contributed by atoms with Crippen LogP contribution >= 0.6 is 0 Å².